The summed E-state index contributed by atoms with van der Waals surface area (Å²) in [5.74, 6) is 0.230. The van der Waals surface area contributed by atoms with E-state index in [1.54, 1.807) is 0 Å². The summed E-state index contributed by atoms with van der Waals surface area (Å²) in [4.78, 5) is 13.7. The molecule has 1 heterocycles. The van der Waals surface area contributed by atoms with Crippen molar-refractivity contribution in [2.24, 2.45) is 5.92 Å². The molecule has 0 saturated heterocycles. The van der Waals surface area contributed by atoms with E-state index in [0.717, 1.165) is 23.1 Å². The number of fused-ring (bicyclic) bond motifs is 1. The van der Waals surface area contributed by atoms with Crippen molar-refractivity contribution >= 4 is 16.9 Å². The van der Waals surface area contributed by atoms with Gasteiger partial charge in [0.1, 0.15) is 11.7 Å². The Bertz CT molecular complexity index is 630. The van der Waals surface area contributed by atoms with E-state index in [1.165, 1.54) is 4.90 Å². The highest BCUT2D eigenvalue weighted by atomic mass is 16.6. The van der Waals surface area contributed by atoms with Gasteiger partial charge in [-0.2, -0.15) is 0 Å². The first-order chi connectivity index (χ1) is 9.90. The van der Waals surface area contributed by atoms with E-state index in [2.05, 4.69) is 21.0 Å². The van der Waals surface area contributed by atoms with Crippen molar-refractivity contribution in [3.8, 4) is 0 Å². The standard InChI is InChI=1S/C17H23NO3/c1-11(10-18(4)5)13(3)20-17(19)16-12(2)14-8-6-7-9-15(14)21-16/h6-9,11,13H,10H2,1-5H3/p+1/t11-,13+/m0/s1. The van der Waals surface area contributed by atoms with Crippen LogP contribution >= 0.6 is 0 Å². The van der Waals surface area contributed by atoms with E-state index >= 15 is 0 Å². The second-order valence-corrected chi connectivity index (χ2v) is 6.05. The normalized spacial score (nSPS) is 14.4. The minimum absolute atomic E-state index is 0.139. The van der Waals surface area contributed by atoms with Crippen LogP contribution in [-0.2, 0) is 4.74 Å². The number of ether oxygens (including phenoxy) is 1. The van der Waals surface area contributed by atoms with Gasteiger partial charge in [0.05, 0.1) is 20.6 Å². The zero-order chi connectivity index (χ0) is 15.6. The summed E-state index contributed by atoms with van der Waals surface area (Å²) in [6, 6.07) is 7.64. The van der Waals surface area contributed by atoms with Crippen molar-refractivity contribution in [2.75, 3.05) is 20.6 Å². The number of esters is 1. The van der Waals surface area contributed by atoms with Crippen LogP contribution in [0.5, 0.6) is 0 Å². The molecular formula is C17H24NO3+. The lowest BCUT2D eigenvalue weighted by Gasteiger charge is -2.21. The molecular weight excluding hydrogens is 266 g/mol. The number of furan rings is 1. The predicted octanol–water partition coefficient (Wildman–Crippen LogP) is 2.07. The van der Waals surface area contributed by atoms with Gasteiger partial charge < -0.3 is 14.1 Å². The van der Waals surface area contributed by atoms with Crippen molar-refractivity contribution in [3.63, 3.8) is 0 Å². The molecule has 0 amide bonds. The van der Waals surface area contributed by atoms with Gasteiger partial charge in [0.2, 0.25) is 5.76 Å². The van der Waals surface area contributed by atoms with Crippen molar-refractivity contribution in [3.05, 3.63) is 35.6 Å². The molecule has 1 N–H and O–H groups in total. The van der Waals surface area contributed by atoms with E-state index in [1.807, 2.05) is 38.1 Å². The van der Waals surface area contributed by atoms with Crippen molar-refractivity contribution in [1.82, 2.24) is 0 Å². The monoisotopic (exact) mass is 290 g/mol. The highest BCUT2D eigenvalue weighted by Gasteiger charge is 2.24. The zero-order valence-electron chi connectivity index (χ0n) is 13.4. The number of para-hydroxylation sites is 1. The Hall–Kier alpha value is -1.81. The average molecular weight is 290 g/mol. The molecule has 0 aliphatic carbocycles. The topological polar surface area (TPSA) is 43.9 Å². The van der Waals surface area contributed by atoms with Crippen LogP contribution in [0.2, 0.25) is 0 Å². The van der Waals surface area contributed by atoms with Crippen LogP contribution in [0.4, 0.5) is 0 Å². The van der Waals surface area contributed by atoms with Crippen LogP contribution in [0.25, 0.3) is 11.0 Å². The molecule has 4 nitrogen and oxygen atoms in total. The second kappa shape index (κ2) is 6.31. The molecule has 2 atom stereocenters. The van der Waals surface area contributed by atoms with Crippen LogP contribution in [0, 0.1) is 12.8 Å². The highest BCUT2D eigenvalue weighted by molar-refractivity contribution is 5.95. The molecule has 0 bridgehead atoms. The van der Waals surface area contributed by atoms with E-state index in [0.29, 0.717) is 11.7 Å². The van der Waals surface area contributed by atoms with Crippen LogP contribution in [0.1, 0.15) is 30.0 Å². The third-order valence-electron chi connectivity index (χ3n) is 3.85. The van der Waals surface area contributed by atoms with Gasteiger partial charge in [-0.3, -0.25) is 0 Å². The summed E-state index contributed by atoms with van der Waals surface area (Å²) in [5, 5.41) is 0.961. The van der Waals surface area contributed by atoms with Gasteiger partial charge in [-0.05, 0) is 19.9 Å². The smallest absolute Gasteiger partial charge is 0.374 e. The number of carbonyl (C=O) groups is 1. The molecule has 1 aromatic carbocycles. The number of hydrogen-bond donors (Lipinski definition) is 1. The number of hydrogen-bond acceptors (Lipinski definition) is 3. The summed E-state index contributed by atoms with van der Waals surface area (Å²) >= 11 is 0. The first-order valence-electron chi connectivity index (χ1n) is 7.38. The molecule has 1 aromatic heterocycles. The summed E-state index contributed by atoms with van der Waals surface area (Å²) in [6.07, 6.45) is -0.139. The Kier molecular flexibility index (Phi) is 4.68. The fourth-order valence-electron chi connectivity index (χ4n) is 2.52. The first kappa shape index (κ1) is 15.6. The van der Waals surface area contributed by atoms with Gasteiger partial charge in [0, 0.05) is 16.9 Å². The van der Waals surface area contributed by atoms with Crippen molar-refractivity contribution in [1.29, 1.82) is 0 Å². The summed E-state index contributed by atoms with van der Waals surface area (Å²) < 4.78 is 11.2. The van der Waals surface area contributed by atoms with Gasteiger partial charge >= 0.3 is 5.97 Å². The predicted molar refractivity (Wildman–Crippen MR) is 82.7 cm³/mol. The SMILES string of the molecule is Cc1c(C(=O)O[C@H](C)[C@@H](C)C[NH+](C)C)oc2ccccc12. The Morgan fingerprint density at radius 1 is 1.29 bits per heavy atom. The Morgan fingerprint density at radius 3 is 2.57 bits per heavy atom. The Balaban J connectivity index is 2.13. The molecule has 0 aliphatic heterocycles. The Morgan fingerprint density at radius 2 is 1.95 bits per heavy atom. The van der Waals surface area contributed by atoms with Gasteiger partial charge in [0.15, 0.2) is 0 Å². The van der Waals surface area contributed by atoms with Gasteiger partial charge in [-0.25, -0.2) is 4.79 Å². The van der Waals surface area contributed by atoms with E-state index in [9.17, 15) is 4.79 Å². The quantitative estimate of drug-likeness (QED) is 0.857. The molecule has 0 unspecified atom stereocenters. The Labute approximate surface area is 125 Å². The number of aryl methyl sites for hydroxylation is 1. The average Bonchev–Trinajstić information content (AvgIpc) is 2.76. The van der Waals surface area contributed by atoms with Gasteiger partial charge in [-0.15, -0.1) is 0 Å². The molecule has 21 heavy (non-hydrogen) atoms. The van der Waals surface area contributed by atoms with Crippen LogP contribution < -0.4 is 4.90 Å². The third-order valence-corrected chi connectivity index (χ3v) is 3.85. The number of quaternary nitrogens is 1. The third kappa shape index (κ3) is 3.45. The number of carbonyl (C=O) groups excluding carboxylic acids is 1. The van der Waals surface area contributed by atoms with E-state index in [-0.39, 0.29) is 12.1 Å². The highest BCUT2D eigenvalue weighted by Crippen LogP contribution is 2.26. The molecule has 2 aromatic rings. The molecule has 0 fully saturated rings. The molecule has 2 rings (SSSR count). The van der Waals surface area contributed by atoms with Crippen molar-refractivity contribution < 1.29 is 18.8 Å². The maximum Gasteiger partial charge on any atom is 0.374 e. The summed E-state index contributed by atoms with van der Waals surface area (Å²) in [7, 11) is 4.18. The molecule has 0 aliphatic rings. The summed E-state index contributed by atoms with van der Waals surface area (Å²) in [5.41, 5.74) is 1.56. The molecule has 0 radical (unpaired) electrons. The lowest BCUT2D eigenvalue weighted by atomic mass is 10.1. The van der Waals surface area contributed by atoms with Gasteiger partial charge in [0.25, 0.3) is 0 Å². The van der Waals surface area contributed by atoms with Crippen LogP contribution in [0.15, 0.2) is 28.7 Å². The number of rotatable bonds is 5. The zero-order valence-corrected chi connectivity index (χ0v) is 13.4. The van der Waals surface area contributed by atoms with Crippen LogP contribution in [0.3, 0.4) is 0 Å². The maximum absolute atomic E-state index is 12.3. The number of benzene rings is 1. The van der Waals surface area contributed by atoms with Crippen LogP contribution in [-0.4, -0.2) is 32.7 Å². The lowest BCUT2D eigenvalue weighted by molar-refractivity contribution is -0.862. The molecule has 0 saturated carbocycles. The molecule has 114 valence electrons. The largest absolute Gasteiger partial charge is 0.456 e. The minimum Gasteiger partial charge on any atom is -0.456 e. The molecule has 0 spiro atoms. The lowest BCUT2D eigenvalue weighted by Crippen LogP contribution is -3.06. The fraction of sp³-hybridized carbons (Fsp3) is 0.471. The molecule has 4 heteroatoms. The number of nitrogens with one attached hydrogen (secondary N) is 1. The second-order valence-electron chi connectivity index (χ2n) is 6.05. The van der Waals surface area contributed by atoms with Crippen molar-refractivity contribution in [2.45, 2.75) is 26.9 Å². The summed E-state index contributed by atoms with van der Waals surface area (Å²) in [6.45, 7) is 6.87. The minimum atomic E-state index is -0.378. The van der Waals surface area contributed by atoms with E-state index < -0.39 is 0 Å². The van der Waals surface area contributed by atoms with E-state index in [4.69, 9.17) is 9.15 Å². The fourth-order valence-corrected chi connectivity index (χ4v) is 2.52. The maximum atomic E-state index is 12.3. The first-order valence-corrected chi connectivity index (χ1v) is 7.38. The van der Waals surface area contributed by atoms with Gasteiger partial charge in [-0.1, -0.05) is 25.1 Å².